The molecule has 0 aliphatic carbocycles. The maximum absolute atomic E-state index is 11.0. The Balaban J connectivity index is 1.24. The number of carbonyl (C=O) groups excluding carboxylic acids is 1. The largest absolute Gasteiger partial charge is 0.370 e. The Kier molecular flexibility index (Phi) is 6.24. The van der Waals surface area contributed by atoms with Gasteiger partial charge in [0.2, 0.25) is 0 Å². The third kappa shape index (κ3) is 5.04. The number of aromatic nitrogens is 1. The maximum Gasteiger partial charge on any atom is 0.143 e. The summed E-state index contributed by atoms with van der Waals surface area (Å²) in [4.78, 5) is 18.1. The number of likely N-dealkylation sites (tertiary alicyclic amines) is 1. The molecule has 1 saturated heterocycles. The first-order valence-corrected chi connectivity index (χ1v) is 9.65. The zero-order valence-corrected chi connectivity index (χ0v) is 15.0. The topological polar surface area (TPSA) is 45.2 Å². The summed E-state index contributed by atoms with van der Waals surface area (Å²) < 4.78 is 0. The van der Waals surface area contributed by atoms with E-state index in [1.54, 1.807) is 6.92 Å². The van der Waals surface area contributed by atoms with Crippen molar-refractivity contribution in [2.45, 2.75) is 58.3 Å². The molecular weight excluding hydrogens is 298 g/mol. The summed E-state index contributed by atoms with van der Waals surface area (Å²) in [6.45, 7) is 5.66. The van der Waals surface area contributed by atoms with Gasteiger partial charge in [0.15, 0.2) is 0 Å². The van der Waals surface area contributed by atoms with Crippen LogP contribution in [0.3, 0.4) is 0 Å². The van der Waals surface area contributed by atoms with Gasteiger partial charge in [-0.05, 0) is 56.6 Å². The van der Waals surface area contributed by atoms with E-state index in [9.17, 15) is 4.79 Å². The highest BCUT2D eigenvalue weighted by Gasteiger charge is 2.26. The number of fused-ring (bicyclic) bond motifs is 1. The van der Waals surface area contributed by atoms with Crippen molar-refractivity contribution in [3.8, 4) is 0 Å². The van der Waals surface area contributed by atoms with Crippen molar-refractivity contribution in [2.24, 2.45) is 5.92 Å². The third-order valence-corrected chi connectivity index (χ3v) is 5.23. The van der Waals surface area contributed by atoms with Gasteiger partial charge in [0.25, 0.3) is 0 Å². The molecule has 3 rings (SSSR count). The summed E-state index contributed by atoms with van der Waals surface area (Å²) in [5.74, 6) is 2.25. The van der Waals surface area contributed by atoms with Gasteiger partial charge < -0.3 is 5.32 Å². The van der Waals surface area contributed by atoms with Gasteiger partial charge >= 0.3 is 0 Å². The van der Waals surface area contributed by atoms with Crippen LogP contribution in [0.1, 0.15) is 56.7 Å². The number of anilines is 1. The van der Waals surface area contributed by atoms with Crippen molar-refractivity contribution in [2.75, 3.05) is 31.5 Å². The highest BCUT2D eigenvalue weighted by atomic mass is 16.1. The number of unbranched alkanes of at least 4 members (excludes halogenated alkanes) is 3. The first kappa shape index (κ1) is 17.4. The molecule has 24 heavy (non-hydrogen) atoms. The number of hydrogen-bond acceptors (Lipinski definition) is 4. The van der Waals surface area contributed by atoms with Gasteiger partial charge in [-0.25, -0.2) is 4.98 Å². The van der Waals surface area contributed by atoms with Gasteiger partial charge in [0, 0.05) is 25.3 Å². The molecule has 0 saturated carbocycles. The normalized spacial score (nSPS) is 17.9. The van der Waals surface area contributed by atoms with E-state index in [0.29, 0.717) is 12.3 Å². The molecule has 0 atom stereocenters. The lowest BCUT2D eigenvalue weighted by Crippen LogP contribution is -2.48. The monoisotopic (exact) mass is 329 g/mol. The molecule has 0 amide bonds. The van der Waals surface area contributed by atoms with Crippen LogP contribution in [0.15, 0.2) is 12.1 Å². The Morgan fingerprint density at radius 2 is 2.08 bits per heavy atom. The van der Waals surface area contributed by atoms with Crippen LogP contribution in [-0.4, -0.2) is 41.8 Å². The Morgan fingerprint density at radius 1 is 1.25 bits per heavy atom. The van der Waals surface area contributed by atoms with Crippen molar-refractivity contribution >= 4 is 11.6 Å². The van der Waals surface area contributed by atoms with Crippen LogP contribution in [0.2, 0.25) is 0 Å². The minimum absolute atomic E-state index is 0.291. The maximum atomic E-state index is 11.0. The molecule has 132 valence electrons. The number of carbonyl (C=O) groups is 1. The van der Waals surface area contributed by atoms with Gasteiger partial charge in [-0.1, -0.05) is 25.3 Å². The lowest BCUT2D eigenvalue weighted by molar-refractivity contribution is -0.119. The third-order valence-electron chi connectivity index (χ3n) is 5.23. The molecule has 1 fully saturated rings. The van der Waals surface area contributed by atoms with E-state index in [1.165, 1.54) is 56.2 Å². The Bertz CT molecular complexity index is 552. The first-order chi connectivity index (χ1) is 11.7. The van der Waals surface area contributed by atoms with Crippen LogP contribution in [0.5, 0.6) is 0 Å². The zero-order chi connectivity index (χ0) is 16.8. The second-order valence-electron chi connectivity index (χ2n) is 7.56. The molecule has 0 bridgehead atoms. The molecule has 1 aromatic heterocycles. The molecule has 0 spiro atoms. The Morgan fingerprint density at radius 3 is 2.92 bits per heavy atom. The van der Waals surface area contributed by atoms with E-state index in [1.807, 2.05) is 0 Å². The van der Waals surface area contributed by atoms with Gasteiger partial charge in [-0.15, -0.1) is 0 Å². The summed E-state index contributed by atoms with van der Waals surface area (Å²) in [6, 6.07) is 4.47. The molecule has 0 aromatic carbocycles. The molecule has 0 radical (unpaired) electrons. The smallest absolute Gasteiger partial charge is 0.143 e. The average Bonchev–Trinajstić information content (AvgIpc) is 2.54. The van der Waals surface area contributed by atoms with Crippen LogP contribution in [0, 0.1) is 5.92 Å². The second-order valence-corrected chi connectivity index (χ2v) is 7.56. The summed E-state index contributed by atoms with van der Waals surface area (Å²) in [5.41, 5.74) is 2.62. The molecule has 3 heterocycles. The van der Waals surface area contributed by atoms with Crippen molar-refractivity contribution in [1.29, 1.82) is 0 Å². The van der Waals surface area contributed by atoms with E-state index in [4.69, 9.17) is 4.98 Å². The van der Waals surface area contributed by atoms with Gasteiger partial charge in [0.1, 0.15) is 11.6 Å². The highest BCUT2D eigenvalue weighted by molar-refractivity contribution is 5.77. The lowest BCUT2D eigenvalue weighted by Gasteiger charge is -2.38. The Labute approximate surface area is 146 Å². The number of ketones is 1. The van der Waals surface area contributed by atoms with E-state index in [0.717, 1.165) is 37.8 Å². The molecular formula is C20H31N3O. The molecule has 0 unspecified atom stereocenters. The van der Waals surface area contributed by atoms with E-state index in [2.05, 4.69) is 22.3 Å². The summed E-state index contributed by atoms with van der Waals surface area (Å²) in [6.07, 6.45) is 10.0. The van der Waals surface area contributed by atoms with Crippen LogP contribution in [0.25, 0.3) is 0 Å². The number of rotatable bonds is 9. The van der Waals surface area contributed by atoms with Crippen LogP contribution >= 0.6 is 0 Å². The predicted molar refractivity (Wildman–Crippen MR) is 98.4 cm³/mol. The quantitative estimate of drug-likeness (QED) is 0.705. The molecule has 4 nitrogen and oxygen atoms in total. The number of pyridine rings is 1. The van der Waals surface area contributed by atoms with Gasteiger partial charge in [0.05, 0.1) is 6.54 Å². The fourth-order valence-corrected chi connectivity index (χ4v) is 3.90. The number of aryl methyl sites for hydroxylation is 2. The highest BCUT2D eigenvalue weighted by Crippen LogP contribution is 2.23. The van der Waals surface area contributed by atoms with Crippen molar-refractivity contribution in [3.63, 3.8) is 0 Å². The van der Waals surface area contributed by atoms with Crippen LogP contribution in [-0.2, 0) is 17.6 Å². The standard InChI is InChI=1S/C20H31N3O/c1-16(24)13-23-14-17(15-23)7-4-2-3-5-9-19-11-10-18-8-6-12-21-20(18)22-19/h10-11,17H,2-9,12-15H2,1H3,(H,21,22). The van der Waals surface area contributed by atoms with Crippen molar-refractivity contribution in [3.05, 3.63) is 23.4 Å². The zero-order valence-electron chi connectivity index (χ0n) is 15.0. The molecule has 1 N–H and O–H groups in total. The molecule has 2 aliphatic heterocycles. The summed E-state index contributed by atoms with van der Waals surface area (Å²) in [7, 11) is 0. The van der Waals surface area contributed by atoms with Crippen LogP contribution in [0.4, 0.5) is 5.82 Å². The van der Waals surface area contributed by atoms with Gasteiger partial charge in [-0.3, -0.25) is 9.69 Å². The predicted octanol–water partition coefficient (Wildman–Crippen LogP) is 3.45. The average molecular weight is 329 g/mol. The van der Waals surface area contributed by atoms with E-state index >= 15 is 0 Å². The lowest BCUT2D eigenvalue weighted by atomic mass is 9.93. The van der Waals surface area contributed by atoms with Gasteiger partial charge in [-0.2, -0.15) is 0 Å². The van der Waals surface area contributed by atoms with Crippen LogP contribution < -0.4 is 5.32 Å². The molecule has 4 heteroatoms. The second kappa shape index (κ2) is 8.61. The summed E-state index contributed by atoms with van der Waals surface area (Å²) >= 11 is 0. The summed E-state index contributed by atoms with van der Waals surface area (Å²) in [5, 5.41) is 3.42. The number of hydrogen-bond donors (Lipinski definition) is 1. The molecule has 1 aromatic rings. The minimum atomic E-state index is 0.291. The minimum Gasteiger partial charge on any atom is -0.370 e. The van der Waals surface area contributed by atoms with Crippen molar-refractivity contribution < 1.29 is 4.79 Å². The SMILES string of the molecule is CC(=O)CN1CC(CCCCCCc2ccc3c(n2)NCCC3)C1. The number of nitrogens with one attached hydrogen (secondary N) is 1. The molecule has 2 aliphatic rings. The number of Topliss-reactive ketones (excluding diaryl/α,β-unsaturated/α-hetero) is 1. The fourth-order valence-electron chi connectivity index (χ4n) is 3.90. The number of nitrogens with zero attached hydrogens (tertiary/aromatic N) is 2. The fraction of sp³-hybridized carbons (Fsp3) is 0.700. The first-order valence-electron chi connectivity index (χ1n) is 9.65. The van der Waals surface area contributed by atoms with Crippen molar-refractivity contribution in [1.82, 2.24) is 9.88 Å². The van der Waals surface area contributed by atoms with E-state index in [-0.39, 0.29) is 0 Å². The Hall–Kier alpha value is -1.42. The van der Waals surface area contributed by atoms with E-state index < -0.39 is 0 Å².